The van der Waals surface area contributed by atoms with Crippen molar-refractivity contribution in [3.05, 3.63) is 0 Å². The van der Waals surface area contributed by atoms with Gasteiger partial charge in [0.25, 0.3) is 0 Å². The summed E-state index contributed by atoms with van der Waals surface area (Å²) in [5.41, 5.74) is 0. The van der Waals surface area contributed by atoms with Crippen LogP contribution in [0.1, 0.15) is 6.92 Å². The van der Waals surface area contributed by atoms with Crippen molar-refractivity contribution in [1.82, 2.24) is 0 Å². The van der Waals surface area contributed by atoms with Crippen molar-refractivity contribution in [3.63, 3.8) is 0 Å². The lowest BCUT2D eigenvalue weighted by Gasteiger charge is -1.97. The predicted molar refractivity (Wildman–Crippen MR) is 32.2 cm³/mol. The van der Waals surface area contributed by atoms with Gasteiger partial charge < -0.3 is 0 Å². The molecule has 0 bridgehead atoms. The molecule has 2 atom stereocenters. The van der Waals surface area contributed by atoms with E-state index in [1.807, 2.05) is 0 Å². The van der Waals surface area contributed by atoms with Gasteiger partial charge in [-0.1, -0.05) is 31.9 Å². The summed E-state index contributed by atoms with van der Waals surface area (Å²) in [6.45, 7) is 1.74. The summed E-state index contributed by atoms with van der Waals surface area (Å²) in [6, 6.07) is 0. The van der Waals surface area contributed by atoms with E-state index in [9.17, 15) is 4.39 Å². The Morgan fingerprint density at radius 1 is 1.50 bits per heavy atom. The van der Waals surface area contributed by atoms with Crippen molar-refractivity contribution >= 4 is 31.9 Å². The van der Waals surface area contributed by atoms with Crippen LogP contribution in [-0.4, -0.2) is 9.91 Å². The smallest absolute Gasteiger partial charge is 0.167 e. The fraction of sp³-hybridized carbons (Fsp3) is 1.00. The Hall–Kier alpha value is 0.890. The van der Waals surface area contributed by atoms with E-state index in [2.05, 4.69) is 31.9 Å². The maximum Gasteiger partial charge on any atom is 0.167 e. The lowest BCUT2D eigenvalue weighted by molar-refractivity contribution is 0.463. The van der Waals surface area contributed by atoms with Crippen molar-refractivity contribution < 1.29 is 4.39 Å². The van der Waals surface area contributed by atoms with Crippen molar-refractivity contribution in [2.45, 2.75) is 16.8 Å². The van der Waals surface area contributed by atoms with Crippen LogP contribution in [0, 0.1) is 0 Å². The topological polar surface area (TPSA) is 0 Å². The summed E-state index contributed by atoms with van der Waals surface area (Å²) in [5.74, 6) is 0. The van der Waals surface area contributed by atoms with E-state index in [0.717, 1.165) is 0 Å². The summed E-state index contributed by atoms with van der Waals surface area (Å²) >= 11 is 5.74. The largest absolute Gasteiger partial charge is 0.234 e. The van der Waals surface area contributed by atoms with Crippen LogP contribution in [0.3, 0.4) is 0 Å². The Morgan fingerprint density at radius 3 is 1.67 bits per heavy atom. The highest BCUT2D eigenvalue weighted by Gasteiger charge is 2.05. The average molecular weight is 220 g/mol. The number of alkyl halides is 3. The zero-order valence-corrected chi connectivity index (χ0v) is 6.46. The Labute approximate surface area is 53.4 Å². The normalized spacial score (nSPS) is 20.0. The van der Waals surface area contributed by atoms with Gasteiger partial charge in [0.1, 0.15) is 0 Å². The second-order valence-corrected chi connectivity index (χ2v) is 3.33. The molecule has 0 N–H and O–H groups in total. The monoisotopic (exact) mass is 218 g/mol. The molecule has 3 heteroatoms. The maximum atomic E-state index is 11.7. The molecule has 0 aromatic heterocycles. The van der Waals surface area contributed by atoms with Gasteiger partial charge in [0.15, 0.2) is 5.08 Å². The zero-order valence-electron chi connectivity index (χ0n) is 3.29. The Kier molecular flexibility index (Phi) is 3.41. The van der Waals surface area contributed by atoms with Gasteiger partial charge >= 0.3 is 0 Å². The molecule has 6 heavy (non-hydrogen) atoms. The van der Waals surface area contributed by atoms with Crippen molar-refractivity contribution in [3.8, 4) is 0 Å². The minimum atomic E-state index is -0.919. The molecule has 0 aromatic rings. The van der Waals surface area contributed by atoms with E-state index in [4.69, 9.17) is 0 Å². The van der Waals surface area contributed by atoms with E-state index < -0.39 is 5.08 Å². The van der Waals surface area contributed by atoms with E-state index in [0.29, 0.717) is 0 Å². The molecule has 0 aromatic carbocycles. The number of hydrogen-bond donors (Lipinski definition) is 0. The van der Waals surface area contributed by atoms with E-state index in [1.165, 1.54) is 0 Å². The van der Waals surface area contributed by atoms with Gasteiger partial charge in [-0.2, -0.15) is 0 Å². The number of halogens is 3. The fourth-order valence-corrected chi connectivity index (χ4v) is 0. The van der Waals surface area contributed by atoms with Crippen LogP contribution < -0.4 is 0 Å². The van der Waals surface area contributed by atoms with Crippen LogP contribution in [-0.2, 0) is 0 Å². The number of hydrogen-bond acceptors (Lipinski definition) is 0. The van der Waals surface area contributed by atoms with E-state index in [-0.39, 0.29) is 4.83 Å². The third-order valence-corrected chi connectivity index (χ3v) is 2.31. The van der Waals surface area contributed by atoms with Crippen molar-refractivity contribution in [2.24, 2.45) is 0 Å². The first-order valence-corrected chi connectivity index (χ1v) is 3.40. The second kappa shape index (κ2) is 2.97. The quantitative estimate of drug-likeness (QED) is 0.595. The molecule has 0 saturated carbocycles. The molecule has 0 aliphatic carbocycles. The molecule has 0 amide bonds. The molecule has 0 spiro atoms. The molecule has 0 heterocycles. The number of rotatable bonds is 1. The van der Waals surface area contributed by atoms with Gasteiger partial charge in [0, 0.05) is 0 Å². The fourth-order valence-electron chi connectivity index (χ4n) is 0. The van der Waals surface area contributed by atoms with Crippen LogP contribution in [0.4, 0.5) is 4.39 Å². The zero-order chi connectivity index (χ0) is 5.15. The highest BCUT2D eigenvalue weighted by molar-refractivity contribution is 9.12. The highest BCUT2D eigenvalue weighted by atomic mass is 79.9. The van der Waals surface area contributed by atoms with Gasteiger partial charge in [-0.05, 0) is 6.92 Å². The van der Waals surface area contributed by atoms with Gasteiger partial charge in [-0.25, -0.2) is 4.39 Å². The second-order valence-electron chi connectivity index (χ2n) is 1.01. The van der Waals surface area contributed by atoms with Crippen LogP contribution in [0.15, 0.2) is 0 Å². The molecule has 0 nitrogen and oxygen atoms in total. The van der Waals surface area contributed by atoms with E-state index in [1.54, 1.807) is 6.92 Å². The summed E-state index contributed by atoms with van der Waals surface area (Å²) in [4.78, 5) is -0.0856. The Morgan fingerprint density at radius 2 is 1.67 bits per heavy atom. The maximum absolute atomic E-state index is 11.7. The third-order valence-electron chi connectivity index (χ3n) is 0.347. The van der Waals surface area contributed by atoms with Crippen molar-refractivity contribution in [1.29, 1.82) is 0 Å². The predicted octanol–water partition coefficient (Wildman–Crippen LogP) is 2.46. The average Bonchev–Trinajstić information content (AvgIpc) is 1.36. The van der Waals surface area contributed by atoms with Crippen LogP contribution in [0.25, 0.3) is 0 Å². The lowest BCUT2D eigenvalue weighted by atomic mass is 10.6. The molecule has 0 saturated heterocycles. The third kappa shape index (κ3) is 3.09. The molecule has 0 aliphatic rings. The minimum absolute atomic E-state index is 0.0856. The Balaban J connectivity index is 2.99. The SMILES string of the molecule is C[C@H](Br)[C@@H](F)Br. The molecule has 0 rings (SSSR count). The summed E-state index contributed by atoms with van der Waals surface area (Å²) in [6.07, 6.45) is 0. The van der Waals surface area contributed by atoms with Gasteiger partial charge in [-0.15, -0.1) is 0 Å². The molecule has 0 fully saturated rings. The minimum Gasteiger partial charge on any atom is -0.234 e. The van der Waals surface area contributed by atoms with Gasteiger partial charge in [0.05, 0.1) is 4.83 Å². The van der Waals surface area contributed by atoms with Crippen LogP contribution in [0.2, 0.25) is 0 Å². The van der Waals surface area contributed by atoms with Crippen LogP contribution >= 0.6 is 31.9 Å². The Bertz CT molecular complexity index is 29.8. The molecular formula is C3H5Br2F. The summed E-state index contributed by atoms with van der Waals surface area (Å²) in [7, 11) is 0. The molecule has 0 radical (unpaired) electrons. The lowest BCUT2D eigenvalue weighted by Crippen LogP contribution is -2.00. The van der Waals surface area contributed by atoms with Gasteiger partial charge in [-0.3, -0.25) is 0 Å². The molecule has 0 aliphatic heterocycles. The molecule has 38 valence electrons. The first-order valence-electron chi connectivity index (χ1n) is 1.57. The molecule has 0 unspecified atom stereocenters. The van der Waals surface area contributed by atoms with Crippen LogP contribution in [0.5, 0.6) is 0 Å². The summed E-state index contributed by atoms with van der Waals surface area (Å²) < 4.78 is 11.7. The standard InChI is InChI=1S/C3H5Br2F/c1-2(4)3(5)6/h2-3H,1H3/t2-,3+/m0/s1. The first-order chi connectivity index (χ1) is 2.64. The molecular weight excluding hydrogens is 215 g/mol. The van der Waals surface area contributed by atoms with Crippen molar-refractivity contribution in [2.75, 3.05) is 0 Å². The summed E-state index contributed by atoms with van der Waals surface area (Å²) in [5, 5.41) is -0.919. The van der Waals surface area contributed by atoms with Gasteiger partial charge in [0.2, 0.25) is 0 Å². The van der Waals surface area contributed by atoms with E-state index >= 15 is 0 Å². The highest BCUT2D eigenvalue weighted by Crippen LogP contribution is 2.13. The first kappa shape index (κ1) is 6.89.